The molecule has 0 aromatic heterocycles. The summed E-state index contributed by atoms with van der Waals surface area (Å²) in [6, 6.07) is 11.5. The van der Waals surface area contributed by atoms with Crippen LogP contribution in [0.4, 0.5) is 17.1 Å². The fraction of sp³-hybridized carbons (Fsp3) is 0. The molecule has 0 atom stereocenters. The number of amides is 2. The second kappa shape index (κ2) is 6.68. The number of halogens is 1. The first-order valence-electron chi connectivity index (χ1n) is 6.08. The van der Waals surface area contributed by atoms with Gasteiger partial charge in [-0.25, -0.2) is 0 Å². The average molecular weight is 320 g/mol. The lowest BCUT2D eigenvalue weighted by molar-refractivity contribution is -0.384. The largest absolute Gasteiger partial charge is 0.318 e. The third-order valence-corrected chi connectivity index (χ3v) is 2.88. The highest BCUT2D eigenvalue weighted by Crippen LogP contribution is 2.17. The molecule has 0 radical (unpaired) electrons. The van der Waals surface area contributed by atoms with Gasteiger partial charge in [0.15, 0.2) is 0 Å². The summed E-state index contributed by atoms with van der Waals surface area (Å²) in [6.45, 7) is 0. The van der Waals surface area contributed by atoms with Gasteiger partial charge in [-0.05, 0) is 30.3 Å². The zero-order chi connectivity index (χ0) is 16.1. The number of nitrogens with zero attached hydrogens (tertiary/aromatic N) is 1. The molecular weight excluding hydrogens is 310 g/mol. The van der Waals surface area contributed by atoms with Crippen LogP contribution in [0, 0.1) is 10.1 Å². The summed E-state index contributed by atoms with van der Waals surface area (Å²) in [5.74, 6) is -1.83. The molecule has 2 amide bonds. The highest BCUT2D eigenvalue weighted by atomic mass is 35.5. The summed E-state index contributed by atoms with van der Waals surface area (Å²) in [7, 11) is 0. The Balaban J connectivity index is 2.02. The molecule has 8 heteroatoms. The van der Waals surface area contributed by atoms with Gasteiger partial charge >= 0.3 is 11.8 Å². The Morgan fingerprint density at radius 1 is 0.955 bits per heavy atom. The quantitative estimate of drug-likeness (QED) is 0.516. The molecule has 2 N–H and O–H groups in total. The number of nitrogens with one attached hydrogen (secondary N) is 2. The van der Waals surface area contributed by atoms with E-state index in [-0.39, 0.29) is 11.4 Å². The molecular formula is C14H10ClN3O4. The van der Waals surface area contributed by atoms with Crippen LogP contribution in [0.3, 0.4) is 0 Å². The normalized spacial score (nSPS) is 9.86. The summed E-state index contributed by atoms with van der Waals surface area (Å²) in [4.78, 5) is 33.5. The van der Waals surface area contributed by atoms with Crippen molar-refractivity contribution in [1.82, 2.24) is 0 Å². The third kappa shape index (κ3) is 4.03. The molecule has 0 spiro atoms. The van der Waals surface area contributed by atoms with Crippen molar-refractivity contribution in [3.63, 3.8) is 0 Å². The monoisotopic (exact) mass is 319 g/mol. The summed E-state index contributed by atoms with van der Waals surface area (Å²) >= 11 is 5.71. The zero-order valence-electron chi connectivity index (χ0n) is 11.1. The first-order chi connectivity index (χ1) is 10.5. The van der Waals surface area contributed by atoms with E-state index in [9.17, 15) is 19.7 Å². The molecule has 2 aromatic carbocycles. The van der Waals surface area contributed by atoms with Gasteiger partial charge in [-0.3, -0.25) is 19.7 Å². The minimum Gasteiger partial charge on any atom is -0.318 e. The molecule has 0 aliphatic rings. The fourth-order valence-corrected chi connectivity index (χ4v) is 1.73. The maximum absolute atomic E-state index is 11.7. The Morgan fingerprint density at radius 3 is 2.14 bits per heavy atom. The number of anilines is 2. The minimum atomic E-state index is -0.935. The van der Waals surface area contributed by atoms with E-state index in [4.69, 9.17) is 11.6 Å². The number of benzene rings is 2. The van der Waals surface area contributed by atoms with Gasteiger partial charge in [-0.15, -0.1) is 0 Å². The predicted molar refractivity (Wildman–Crippen MR) is 81.8 cm³/mol. The van der Waals surface area contributed by atoms with E-state index in [1.807, 2.05) is 0 Å². The minimum absolute atomic E-state index is 0.158. The molecule has 0 heterocycles. The number of nitro benzene ring substituents is 1. The number of hydrogen-bond acceptors (Lipinski definition) is 4. The molecule has 2 rings (SSSR count). The van der Waals surface area contributed by atoms with Gasteiger partial charge in [0.2, 0.25) is 0 Å². The highest BCUT2D eigenvalue weighted by Gasteiger charge is 2.15. The van der Waals surface area contributed by atoms with Gasteiger partial charge in [0.1, 0.15) is 0 Å². The summed E-state index contributed by atoms with van der Waals surface area (Å²) in [6.07, 6.45) is 0. The van der Waals surface area contributed by atoms with Gasteiger partial charge in [-0.1, -0.05) is 17.7 Å². The van der Waals surface area contributed by atoms with Crippen LogP contribution in [0.5, 0.6) is 0 Å². The van der Waals surface area contributed by atoms with Crippen molar-refractivity contribution < 1.29 is 14.5 Å². The van der Waals surface area contributed by atoms with E-state index in [0.717, 1.165) is 6.07 Å². The van der Waals surface area contributed by atoms with Crippen molar-refractivity contribution in [2.75, 3.05) is 10.6 Å². The summed E-state index contributed by atoms with van der Waals surface area (Å²) in [5.41, 5.74) is 0.380. The molecule has 7 nitrogen and oxygen atoms in total. The van der Waals surface area contributed by atoms with Crippen LogP contribution >= 0.6 is 11.6 Å². The van der Waals surface area contributed by atoms with Gasteiger partial charge in [-0.2, -0.15) is 0 Å². The maximum atomic E-state index is 11.7. The van der Waals surface area contributed by atoms with Gasteiger partial charge < -0.3 is 10.6 Å². The molecule has 0 aliphatic heterocycles. The standard InChI is InChI=1S/C14H10ClN3O4/c15-9-4-6-10(7-5-9)16-13(19)14(20)17-11-2-1-3-12(8-11)18(21)22/h1-8H,(H,16,19)(H,17,20). The van der Waals surface area contributed by atoms with E-state index in [0.29, 0.717) is 10.7 Å². The lowest BCUT2D eigenvalue weighted by atomic mass is 10.2. The fourth-order valence-electron chi connectivity index (χ4n) is 1.61. The van der Waals surface area contributed by atoms with Gasteiger partial charge in [0.25, 0.3) is 5.69 Å². The molecule has 112 valence electrons. The summed E-state index contributed by atoms with van der Waals surface area (Å²) < 4.78 is 0. The maximum Gasteiger partial charge on any atom is 0.314 e. The molecule has 0 saturated carbocycles. The molecule has 0 fully saturated rings. The number of carbonyl (C=O) groups is 2. The number of rotatable bonds is 3. The second-order valence-electron chi connectivity index (χ2n) is 4.22. The Bertz CT molecular complexity index is 731. The Kier molecular flexibility index (Phi) is 4.70. The Morgan fingerprint density at radius 2 is 1.55 bits per heavy atom. The summed E-state index contributed by atoms with van der Waals surface area (Å²) in [5, 5.41) is 15.8. The van der Waals surface area contributed by atoms with E-state index < -0.39 is 16.7 Å². The van der Waals surface area contributed by atoms with Crippen molar-refractivity contribution in [2.45, 2.75) is 0 Å². The van der Waals surface area contributed by atoms with Crippen LogP contribution < -0.4 is 10.6 Å². The smallest absolute Gasteiger partial charge is 0.314 e. The van der Waals surface area contributed by atoms with Crippen LogP contribution in [0.2, 0.25) is 5.02 Å². The average Bonchev–Trinajstić information content (AvgIpc) is 2.49. The van der Waals surface area contributed by atoms with E-state index >= 15 is 0 Å². The lowest BCUT2D eigenvalue weighted by Crippen LogP contribution is -2.29. The topological polar surface area (TPSA) is 101 Å². The molecule has 0 aliphatic carbocycles. The SMILES string of the molecule is O=C(Nc1ccc(Cl)cc1)C(=O)Nc1cccc([N+](=O)[O-])c1. The van der Waals surface area contributed by atoms with E-state index in [2.05, 4.69) is 10.6 Å². The zero-order valence-corrected chi connectivity index (χ0v) is 11.8. The first-order valence-corrected chi connectivity index (χ1v) is 6.46. The first kappa shape index (κ1) is 15.5. The number of non-ortho nitro benzene ring substituents is 1. The van der Waals surface area contributed by atoms with Crippen molar-refractivity contribution in [1.29, 1.82) is 0 Å². The van der Waals surface area contributed by atoms with Crippen molar-refractivity contribution >= 4 is 40.5 Å². The number of hydrogen-bond donors (Lipinski definition) is 2. The third-order valence-electron chi connectivity index (χ3n) is 2.62. The molecule has 22 heavy (non-hydrogen) atoms. The van der Waals surface area contributed by atoms with Gasteiger partial charge in [0, 0.05) is 28.5 Å². The van der Waals surface area contributed by atoms with Crippen LogP contribution in [0.25, 0.3) is 0 Å². The van der Waals surface area contributed by atoms with Crippen LogP contribution in [-0.2, 0) is 9.59 Å². The van der Waals surface area contributed by atoms with Gasteiger partial charge in [0.05, 0.1) is 4.92 Å². The van der Waals surface area contributed by atoms with E-state index in [1.54, 1.807) is 24.3 Å². The van der Waals surface area contributed by atoms with Crippen molar-refractivity contribution in [2.24, 2.45) is 0 Å². The molecule has 0 saturated heterocycles. The molecule has 2 aromatic rings. The number of carbonyl (C=O) groups excluding carboxylic acids is 2. The second-order valence-corrected chi connectivity index (χ2v) is 4.66. The predicted octanol–water partition coefficient (Wildman–Crippen LogP) is 2.83. The van der Waals surface area contributed by atoms with E-state index in [1.165, 1.54) is 18.2 Å². The Labute approximate surface area is 130 Å². The number of nitro groups is 1. The Hall–Kier alpha value is -2.93. The molecule has 0 bridgehead atoms. The highest BCUT2D eigenvalue weighted by molar-refractivity contribution is 6.43. The molecule has 0 unspecified atom stereocenters. The van der Waals surface area contributed by atoms with Crippen molar-refractivity contribution in [3.05, 3.63) is 63.7 Å². The van der Waals surface area contributed by atoms with Crippen molar-refractivity contribution in [3.8, 4) is 0 Å². The lowest BCUT2D eigenvalue weighted by Gasteiger charge is -2.06. The van der Waals surface area contributed by atoms with Crippen LogP contribution in [0.1, 0.15) is 0 Å². The van der Waals surface area contributed by atoms with Crippen LogP contribution in [-0.4, -0.2) is 16.7 Å². The van der Waals surface area contributed by atoms with Crippen LogP contribution in [0.15, 0.2) is 48.5 Å².